The minimum atomic E-state index is -0.00243. The van der Waals surface area contributed by atoms with Crippen molar-refractivity contribution in [2.75, 3.05) is 26.8 Å². The second-order valence-corrected chi connectivity index (χ2v) is 9.36. The van der Waals surface area contributed by atoms with E-state index in [1.54, 1.807) is 22.3 Å². The minimum absolute atomic E-state index is 0.00243. The van der Waals surface area contributed by atoms with Crippen LogP contribution in [-0.4, -0.2) is 26.8 Å². The second-order valence-electron chi connectivity index (χ2n) is 9.36. The molecule has 0 heterocycles. The van der Waals surface area contributed by atoms with Gasteiger partial charge in [-0.1, -0.05) is 62.8 Å². The predicted molar refractivity (Wildman–Crippen MR) is 119 cm³/mol. The van der Waals surface area contributed by atoms with Crippen molar-refractivity contribution < 1.29 is 4.74 Å². The van der Waals surface area contributed by atoms with Gasteiger partial charge in [0.2, 0.25) is 0 Å². The first-order valence-electron chi connectivity index (χ1n) is 11.9. The van der Waals surface area contributed by atoms with E-state index in [1.807, 2.05) is 0 Å². The van der Waals surface area contributed by atoms with E-state index in [0.717, 1.165) is 31.6 Å². The number of hydrogen-bond acceptors (Lipinski definition) is 2. The lowest BCUT2D eigenvalue weighted by Crippen LogP contribution is -2.38. The summed E-state index contributed by atoms with van der Waals surface area (Å²) in [6.07, 6.45) is 16.6. The summed E-state index contributed by atoms with van der Waals surface area (Å²) < 4.78 is 6.07. The van der Waals surface area contributed by atoms with E-state index in [-0.39, 0.29) is 5.41 Å². The molecule has 0 bridgehead atoms. The van der Waals surface area contributed by atoms with Crippen LogP contribution in [0.4, 0.5) is 0 Å². The van der Waals surface area contributed by atoms with Crippen LogP contribution in [0.5, 0.6) is 0 Å². The normalized spacial score (nSPS) is 26.3. The smallest absolute Gasteiger partial charge is 0.0610 e. The molecular formula is C26H39NO. The van der Waals surface area contributed by atoms with E-state index in [9.17, 15) is 0 Å². The lowest BCUT2D eigenvalue weighted by atomic mass is 9.75. The van der Waals surface area contributed by atoms with Gasteiger partial charge < -0.3 is 10.1 Å². The summed E-state index contributed by atoms with van der Waals surface area (Å²) in [7, 11) is 2.09. The average molecular weight is 382 g/mol. The monoisotopic (exact) mass is 381 g/mol. The summed E-state index contributed by atoms with van der Waals surface area (Å²) in [4.78, 5) is 0. The summed E-state index contributed by atoms with van der Waals surface area (Å²) >= 11 is 0. The van der Waals surface area contributed by atoms with Crippen LogP contribution in [0.15, 0.2) is 24.3 Å². The first kappa shape index (κ1) is 20.2. The molecule has 0 saturated heterocycles. The highest BCUT2D eigenvalue weighted by Crippen LogP contribution is 2.51. The largest absolute Gasteiger partial charge is 0.380 e. The van der Waals surface area contributed by atoms with Gasteiger partial charge in [-0.15, -0.1) is 0 Å². The predicted octanol–water partition coefficient (Wildman–Crippen LogP) is 6.21. The fraction of sp³-hybridized carbons (Fsp3) is 0.692. The number of rotatable bonds is 7. The molecule has 2 fully saturated rings. The Morgan fingerprint density at radius 1 is 0.964 bits per heavy atom. The quantitative estimate of drug-likeness (QED) is 0.606. The van der Waals surface area contributed by atoms with Crippen LogP contribution in [0.25, 0.3) is 5.57 Å². The molecule has 0 spiro atoms. The highest BCUT2D eigenvalue weighted by molar-refractivity contribution is 5.81. The van der Waals surface area contributed by atoms with E-state index in [0.29, 0.717) is 0 Å². The van der Waals surface area contributed by atoms with Crippen LogP contribution < -0.4 is 5.32 Å². The first-order chi connectivity index (χ1) is 13.8. The van der Waals surface area contributed by atoms with E-state index < -0.39 is 0 Å². The molecule has 2 saturated carbocycles. The molecular weight excluding hydrogens is 342 g/mol. The number of allylic oxidation sites excluding steroid dienone is 1. The zero-order valence-electron chi connectivity index (χ0n) is 18.1. The van der Waals surface area contributed by atoms with Crippen molar-refractivity contribution in [1.82, 2.24) is 5.32 Å². The molecule has 28 heavy (non-hydrogen) atoms. The molecule has 0 radical (unpaired) electrons. The minimum Gasteiger partial charge on any atom is -0.380 e. The number of nitrogens with one attached hydrogen (secondary N) is 1. The van der Waals surface area contributed by atoms with Crippen LogP contribution in [0, 0.1) is 5.92 Å². The lowest BCUT2D eigenvalue weighted by molar-refractivity contribution is 0.110. The molecule has 3 aliphatic rings. The third-order valence-electron chi connectivity index (χ3n) is 7.50. The maximum Gasteiger partial charge on any atom is 0.0610 e. The first-order valence-corrected chi connectivity index (χ1v) is 11.9. The Morgan fingerprint density at radius 3 is 2.29 bits per heavy atom. The number of fused-ring (bicyclic) bond motifs is 1. The molecule has 4 rings (SSSR count). The molecule has 2 heteroatoms. The Bertz CT molecular complexity index is 682. The van der Waals surface area contributed by atoms with Gasteiger partial charge in [0.1, 0.15) is 0 Å². The Balaban J connectivity index is 1.80. The molecule has 3 aliphatic carbocycles. The van der Waals surface area contributed by atoms with Gasteiger partial charge in [-0.05, 0) is 73.8 Å². The highest BCUT2D eigenvalue weighted by Gasteiger charge is 2.41. The number of likely N-dealkylation sites (N-methyl/N-ethyl adjacent to an activating group) is 1. The molecule has 1 unspecified atom stereocenters. The fourth-order valence-electron chi connectivity index (χ4n) is 6.16. The number of hydrogen-bond donors (Lipinski definition) is 1. The highest BCUT2D eigenvalue weighted by atomic mass is 16.5. The second kappa shape index (κ2) is 9.13. The summed E-state index contributed by atoms with van der Waals surface area (Å²) in [6, 6.07) is 7.20. The summed E-state index contributed by atoms with van der Waals surface area (Å²) in [5, 5.41) is 3.50. The molecule has 1 atom stereocenters. The molecule has 0 aromatic heterocycles. The summed E-state index contributed by atoms with van der Waals surface area (Å²) in [5.41, 5.74) is 6.50. The van der Waals surface area contributed by atoms with Gasteiger partial charge in [0, 0.05) is 13.2 Å². The SMILES string of the molecule is CCOCC1(CNC)C=C(C2CCCCC2)c2c(C3CCCCC3)cccc21. The molecule has 1 aromatic rings. The van der Waals surface area contributed by atoms with E-state index >= 15 is 0 Å². The van der Waals surface area contributed by atoms with Gasteiger partial charge in [-0.3, -0.25) is 0 Å². The maximum absolute atomic E-state index is 6.07. The number of benzene rings is 1. The van der Waals surface area contributed by atoms with Crippen molar-refractivity contribution in [2.45, 2.75) is 82.5 Å². The van der Waals surface area contributed by atoms with Crippen LogP contribution in [-0.2, 0) is 10.2 Å². The van der Waals surface area contributed by atoms with E-state index in [1.165, 1.54) is 64.2 Å². The van der Waals surface area contributed by atoms with Gasteiger partial charge in [0.25, 0.3) is 0 Å². The number of ether oxygens (including phenoxy) is 1. The van der Waals surface area contributed by atoms with Crippen molar-refractivity contribution in [3.05, 3.63) is 41.0 Å². The van der Waals surface area contributed by atoms with E-state index in [4.69, 9.17) is 4.74 Å². The summed E-state index contributed by atoms with van der Waals surface area (Å²) in [5.74, 6) is 1.51. The van der Waals surface area contributed by atoms with Gasteiger partial charge in [-0.25, -0.2) is 0 Å². The molecule has 1 aromatic carbocycles. The zero-order chi connectivity index (χ0) is 19.4. The zero-order valence-corrected chi connectivity index (χ0v) is 18.1. The van der Waals surface area contributed by atoms with Crippen molar-refractivity contribution in [3.8, 4) is 0 Å². The standard InChI is InChI=1S/C26H39NO/c1-3-28-19-26(18-27-2)17-23(21-13-8-5-9-14-21)25-22(15-10-16-24(25)26)20-11-6-4-7-12-20/h10,15-17,20-21,27H,3-9,11-14,18-19H2,1-2H3. The van der Waals surface area contributed by atoms with Gasteiger partial charge in [0.15, 0.2) is 0 Å². The van der Waals surface area contributed by atoms with Crippen molar-refractivity contribution in [3.63, 3.8) is 0 Å². The van der Waals surface area contributed by atoms with Crippen molar-refractivity contribution in [1.29, 1.82) is 0 Å². The molecule has 2 nitrogen and oxygen atoms in total. The summed E-state index contributed by atoms with van der Waals surface area (Å²) in [6.45, 7) is 4.66. The Labute approximate surface area is 172 Å². The maximum atomic E-state index is 6.07. The van der Waals surface area contributed by atoms with E-state index in [2.05, 4.69) is 43.6 Å². The van der Waals surface area contributed by atoms with Gasteiger partial charge >= 0.3 is 0 Å². The van der Waals surface area contributed by atoms with Crippen LogP contribution in [0.1, 0.15) is 93.7 Å². The average Bonchev–Trinajstić information content (AvgIpc) is 3.09. The Morgan fingerprint density at radius 2 is 1.64 bits per heavy atom. The molecule has 0 amide bonds. The Hall–Kier alpha value is -1.12. The van der Waals surface area contributed by atoms with Gasteiger partial charge in [0.05, 0.1) is 12.0 Å². The van der Waals surface area contributed by atoms with Gasteiger partial charge in [-0.2, -0.15) is 0 Å². The molecule has 0 aliphatic heterocycles. The van der Waals surface area contributed by atoms with Crippen LogP contribution in [0.3, 0.4) is 0 Å². The third-order valence-corrected chi connectivity index (χ3v) is 7.50. The van der Waals surface area contributed by atoms with Crippen molar-refractivity contribution in [2.24, 2.45) is 5.92 Å². The topological polar surface area (TPSA) is 21.3 Å². The van der Waals surface area contributed by atoms with Crippen LogP contribution in [0.2, 0.25) is 0 Å². The molecule has 154 valence electrons. The lowest BCUT2D eigenvalue weighted by Gasteiger charge is -2.31. The third kappa shape index (κ3) is 3.83. The fourth-order valence-corrected chi connectivity index (χ4v) is 6.16. The van der Waals surface area contributed by atoms with Crippen LogP contribution >= 0.6 is 0 Å². The molecule has 1 N–H and O–H groups in total. The Kier molecular flexibility index (Phi) is 6.58. The van der Waals surface area contributed by atoms with Crippen molar-refractivity contribution >= 4 is 5.57 Å².